The number of rotatable bonds is 9. The van der Waals surface area contributed by atoms with Crippen molar-refractivity contribution >= 4 is 17.7 Å². The molecule has 1 aromatic rings. The van der Waals surface area contributed by atoms with E-state index in [1.807, 2.05) is 19.1 Å². The third kappa shape index (κ3) is 6.10. The third-order valence-corrected chi connectivity index (χ3v) is 5.75. The highest BCUT2D eigenvalue weighted by Crippen LogP contribution is 2.26. The summed E-state index contributed by atoms with van der Waals surface area (Å²) in [5, 5.41) is 0. The number of pyridine rings is 1. The maximum absolute atomic E-state index is 12.8. The smallest absolute Gasteiger partial charge is 0.329 e. The Kier molecular flexibility index (Phi) is 8.32. The van der Waals surface area contributed by atoms with Gasteiger partial charge in [0.15, 0.2) is 0 Å². The van der Waals surface area contributed by atoms with Gasteiger partial charge in [-0.1, -0.05) is 26.8 Å². The number of Topliss-reactive ketones (excluding diaryl/α,β-unsaturated/α-hetero) is 1. The molecule has 1 amide bonds. The molecule has 1 aliphatic heterocycles. The lowest BCUT2D eigenvalue weighted by molar-refractivity contribution is -0.164. The average Bonchev–Trinajstić information content (AvgIpc) is 2.76. The second-order valence-electron chi connectivity index (χ2n) is 8.27. The first-order valence-electron chi connectivity index (χ1n) is 10.4. The Hall–Kier alpha value is -2.28. The standard InChI is InChI=1S/C22H33N3O4/c1-4-22(2,3)19(26)20(27)25-13-6-5-9-18(25)21(28)29-17(14-23)11-10-16-8-7-12-24-15-16/h7-8,12,15,17-18H,4-6,9-11,13-14,23H2,1-3H3/t17-,18+/m1/s1. The van der Waals surface area contributed by atoms with Crippen LogP contribution in [-0.4, -0.2) is 52.8 Å². The molecular formula is C22H33N3O4. The first-order valence-corrected chi connectivity index (χ1v) is 10.4. The summed E-state index contributed by atoms with van der Waals surface area (Å²) < 4.78 is 5.64. The molecule has 29 heavy (non-hydrogen) atoms. The molecule has 0 spiro atoms. The fourth-order valence-corrected chi connectivity index (χ4v) is 3.34. The average molecular weight is 404 g/mol. The fourth-order valence-electron chi connectivity index (χ4n) is 3.34. The SMILES string of the molecule is CCC(C)(C)C(=O)C(=O)N1CCCC[C@H]1C(=O)O[C@@H](CN)CCc1cccnc1. The summed E-state index contributed by atoms with van der Waals surface area (Å²) in [5.41, 5.74) is 6.11. The number of piperidine rings is 1. The number of ether oxygens (including phenoxy) is 1. The van der Waals surface area contributed by atoms with E-state index < -0.39 is 35.2 Å². The maximum atomic E-state index is 12.8. The quantitative estimate of drug-likeness (QED) is 0.501. The summed E-state index contributed by atoms with van der Waals surface area (Å²) >= 11 is 0. The molecule has 0 unspecified atom stereocenters. The summed E-state index contributed by atoms with van der Waals surface area (Å²) in [6.45, 7) is 5.99. The molecule has 2 N–H and O–H groups in total. The lowest BCUT2D eigenvalue weighted by Gasteiger charge is -2.36. The van der Waals surface area contributed by atoms with E-state index in [9.17, 15) is 14.4 Å². The normalized spacial score (nSPS) is 18.2. The van der Waals surface area contributed by atoms with E-state index in [0.717, 1.165) is 18.4 Å². The van der Waals surface area contributed by atoms with Crippen molar-refractivity contribution in [3.8, 4) is 0 Å². The number of aryl methyl sites for hydroxylation is 1. The highest BCUT2D eigenvalue weighted by Gasteiger charge is 2.40. The number of aromatic nitrogens is 1. The number of likely N-dealkylation sites (tertiary alicyclic amines) is 1. The van der Waals surface area contributed by atoms with Gasteiger partial charge in [0.1, 0.15) is 12.1 Å². The molecule has 1 fully saturated rings. The molecule has 2 rings (SSSR count). The second-order valence-corrected chi connectivity index (χ2v) is 8.27. The van der Waals surface area contributed by atoms with Crippen molar-refractivity contribution < 1.29 is 19.1 Å². The number of hydrogen-bond donors (Lipinski definition) is 1. The van der Waals surface area contributed by atoms with Gasteiger partial charge >= 0.3 is 5.97 Å². The van der Waals surface area contributed by atoms with Gasteiger partial charge in [-0.15, -0.1) is 0 Å². The zero-order valence-electron chi connectivity index (χ0n) is 17.7. The van der Waals surface area contributed by atoms with E-state index in [2.05, 4.69) is 4.98 Å². The predicted molar refractivity (Wildman–Crippen MR) is 110 cm³/mol. The van der Waals surface area contributed by atoms with Crippen molar-refractivity contribution in [2.24, 2.45) is 11.1 Å². The van der Waals surface area contributed by atoms with E-state index in [4.69, 9.17) is 10.5 Å². The van der Waals surface area contributed by atoms with Crippen LogP contribution in [-0.2, 0) is 25.5 Å². The van der Waals surface area contributed by atoms with Crippen LogP contribution in [0.2, 0.25) is 0 Å². The lowest BCUT2D eigenvalue weighted by Crippen LogP contribution is -2.53. The van der Waals surface area contributed by atoms with Gasteiger partial charge in [0, 0.05) is 30.9 Å². The monoisotopic (exact) mass is 403 g/mol. The molecule has 0 aliphatic carbocycles. The summed E-state index contributed by atoms with van der Waals surface area (Å²) in [5.74, 6) is -1.51. The molecule has 0 aromatic carbocycles. The molecule has 0 saturated carbocycles. The van der Waals surface area contributed by atoms with Gasteiger partial charge < -0.3 is 15.4 Å². The molecule has 2 heterocycles. The van der Waals surface area contributed by atoms with Crippen LogP contribution in [0.4, 0.5) is 0 Å². The molecule has 0 radical (unpaired) electrons. The fraction of sp³-hybridized carbons (Fsp3) is 0.636. The van der Waals surface area contributed by atoms with Crippen LogP contribution >= 0.6 is 0 Å². The summed E-state index contributed by atoms with van der Waals surface area (Å²) in [4.78, 5) is 43.8. The van der Waals surface area contributed by atoms with Crippen LogP contribution in [0.15, 0.2) is 24.5 Å². The van der Waals surface area contributed by atoms with E-state index >= 15 is 0 Å². The van der Waals surface area contributed by atoms with Crippen molar-refractivity contribution in [2.75, 3.05) is 13.1 Å². The zero-order valence-corrected chi connectivity index (χ0v) is 17.7. The minimum absolute atomic E-state index is 0.203. The molecule has 7 heteroatoms. The largest absolute Gasteiger partial charge is 0.459 e. The number of amides is 1. The van der Waals surface area contributed by atoms with E-state index in [1.165, 1.54) is 4.90 Å². The van der Waals surface area contributed by atoms with Gasteiger partial charge in [-0.2, -0.15) is 0 Å². The van der Waals surface area contributed by atoms with Crippen LogP contribution in [0, 0.1) is 5.41 Å². The topological polar surface area (TPSA) is 103 Å². The predicted octanol–water partition coefficient (Wildman–Crippen LogP) is 2.27. The van der Waals surface area contributed by atoms with Crippen molar-refractivity contribution in [3.63, 3.8) is 0 Å². The number of nitrogens with two attached hydrogens (primary N) is 1. The number of carbonyl (C=O) groups excluding carboxylic acids is 3. The Morgan fingerprint density at radius 3 is 2.72 bits per heavy atom. The molecule has 1 saturated heterocycles. The molecule has 1 aliphatic rings. The van der Waals surface area contributed by atoms with Crippen LogP contribution in [0.25, 0.3) is 0 Å². The Labute approximate surface area is 173 Å². The molecule has 0 bridgehead atoms. The maximum Gasteiger partial charge on any atom is 0.329 e. The van der Waals surface area contributed by atoms with Gasteiger partial charge in [-0.05, 0) is 50.2 Å². The molecule has 160 valence electrons. The van der Waals surface area contributed by atoms with E-state index in [1.54, 1.807) is 26.2 Å². The lowest BCUT2D eigenvalue weighted by atomic mass is 9.84. The zero-order chi connectivity index (χ0) is 21.4. The summed E-state index contributed by atoms with van der Waals surface area (Å²) in [7, 11) is 0. The molecule has 7 nitrogen and oxygen atoms in total. The second kappa shape index (κ2) is 10.5. The molecule has 1 aromatic heterocycles. The Bertz CT molecular complexity index is 705. The highest BCUT2D eigenvalue weighted by atomic mass is 16.5. The van der Waals surface area contributed by atoms with Gasteiger partial charge in [-0.25, -0.2) is 4.79 Å². The van der Waals surface area contributed by atoms with E-state index in [-0.39, 0.29) is 6.54 Å². The van der Waals surface area contributed by atoms with Crippen LogP contribution < -0.4 is 5.73 Å². The van der Waals surface area contributed by atoms with Gasteiger partial charge in [0.05, 0.1) is 0 Å². The summed E-state index contributed by atoms with van der Waals surface area (Å²) in [6, 6.07) is 3.10. The van der Waals surface area contributed by atoms with Crippen molar-refractivity contribution in [3.05, 3.63) is 30.1 Å². The number of hydrogen-bond acceptors (Lipinski definition) is 6. The first kappa shape index (κ1) is 23.0. The van der Waals surface area contributed by atoms with Crippen molar-refractivity contribution in [1.82, 2.24) is 9.88 Å². The Morgan fingerprint density at radius 1 is 1.34 bits per heavy atom. The minimum atomic E-state index is -0.744. The summed E-state index contributed by atoms with van der Waals surface area (Å²) in [6.07, 6.45) is 6.97. The number of carbonyl (C=O) groups is 3. The van der Waals surface area contributed by atoms with Crippen molar-refractivity contribution in [1.29, 1.82) is 0 Å². The Balaban J connectivity index is 2.02. The van der Waals surface area contributed by atoms with Crippen LogP contribution in [0.3, 0.4) is 0 Å². The minimum Gasteiger partial charge on any atom is -0.459 e. The number of nitrogens with zero attached hydrogens (tertiary/aromatic N) is 2. The van der Waals surface area contributed by atoms with Crippen LogP contribution in [0.1, 0.15) is 58.4 Å². The van der Waals surface area contributed by atoms with E-state index in [0.29, 0.717) is 32.2 Å². The first-order chi connectivity index (χ1) is 13.8. The molecule has 2 atom stereocenters. The van der Waals surface area contributed by atoms with Crippen LogP contribution in [0.5, 0.6) is 0 Å². The van der Waals surface area contributed by atoms with Gasteiger partial charge in [0.25, 0.3) is 5.91 Å². The van der Waals surface area contributed by atoms with Crippen molar-refractivity contribution in [2.45, 2.75) is 71.4 Å². The Morgan fingerprint density at radius 2 is 2.10 bits per heavy atom. The number of esters is 1. The van der Waals surface area contributed by atoms with Gasteiger partial charge in [0.2, 0.25) is 5.78 Å². The molecular weight excluding hydrogens is 370 g/mol. The third-order valence-electron chi connectivity index (χ3n) is 5.75. The number of ketones is 1. The highest BCUT2D eigenvalue weighted by molar-refractivity contribution is 6.38. The van der Waals surface area contributed by atoms with Gasteiger partial charge in [-0.3, -0.25) is 14.6 Å².